The van der Waals surface area contributed by atoms with E-state index in [1.165, 1.54) is 0 Å². The third kappa shape index (κ3) is 1.11. The minimum Gasteiger partial charge on any atom is -0.376 e. The lowest BCUT2D eigenvalue weighted by Crippen LogP contribution is -2.55. The average molecular weight is 168 g/mol. The van der Waals surface area contributed by atoms with Gasteiger partial charge in [-0.2, -0.15) is 0 Å². The summed E-state index contributed by atoms with van der Waals surface area (Å²) >= 11 is 0. The number of hydrogen-bond acceptors (Lipinski definition) is 2. The summed E-state index contributed by atoms with van der Waals surface area (Å²) in [6.07, 6.45) is 0.909. The lowest BCUT2D eigenvalue weighted by atomic mass is 9.71. The van der Waals surface area contributed by atoms with Gasteiger partial charge in [0.2, 0.25) is 0 Å². The molecule has 1 fully saturated rings. The Bertz CT molecular complexity index is 216. The molecule has 2 heteroatoms. The van der Waals surface area contributed by atoms with Crippen LogP contribution in [0.3, 0.4) is 0 Å². The van der Waals surface area contributed by atoms with Gasteiger partial charge in [-0.3, -0.25) is 4.79 Å². The Kier molecular flexibility index (Phi) is 2.38. The Morgan fingerprint density at radius 2 is 2.33 bits per heavy atom. The van der Waals surface area contributed by atoms with Crippen LogP contribution in [0.5, 0.6) is 0 Å². The number of carbonyl (C=O) groups excluding carboxylic acids is 1. The SMILES string of the molecule is C=C(C)C(=O)C1(CC)COC1C. The predicted octanol–water partition coefficient (Wildman–Crippen LogP) is 1.95. The van der Waals surface area contributed by atoms with E-state index in [0.29, 0.717) is 12.2 Å². The Balaban J connectivity index is 2.81. The Hall–Kier alpha value is -0.630. The van der Waals surface area contributed by atoms with Crippen molar-refractivity contribution in [2.75, 3.05) is 6.61 Å². The van der Waals surface area contributed by atoms with E-state index < -0.39 is 0 Å². The highest BCUT2D eigenvalue weighted by Gasteiger charge is 2.50. The fourth-order valence-electron chi connectivity index (χ4n) is 1.68. The van der Waals surface area contributed by atoms with E-state index in [9.17, 15) is 4.79 Å². The van der Waals surface area contributed by atoms with Crippen LogP contribution in [0.2, 0.25) is 0 Å². The molecule has 68 valence electrons. The van der Waals surface area contributed by atoms with Gasteiger partial charge in [0.25, 0.3) is 0 Å². The highest BCUT2D eigenvalue weighted by Crippen LogP contribution is 2.40. The summed E-state index contributed by atoms with van der Waals surface area (Å²) in [7, 11) is 0. The molecular formula is C10H16O2. The molecule has 0 saturated carbocycles. The molecule has 1 heterocycles. The van der Waals surface area contributed by atoms with Crippen molar-refractivity contribution in [3.05, 3.63) is 12.2 Å². The maximum absolute atomic E-state index is 11.7. The fraction of sp³-hybridized carbons (Fsp3) is 0.700. The van der Waals surface area contributed by atoms with Crippen molar-refractivity contribution in [3.63, 3.8) is 0 Å². The highest BCUT2D eigenvalue weighted by molar-refractivity contribution is 5.99. The molecule has 2 unspecified atom stereocenters. The monoisotopic (exact) mass is 168 g/mol. The highest BCUT2D eigenvalue weighted by atomic mass is 16.5. The van der Waals surface area contributed by atoms with E-state index >= 15 is 0 Å². The number of carbonyl (C=O) groups is 1. The van der Waals surface area contributed by atoms with Gasteiger partial charge in [-0.25, -0.2) is 0 Å². The Morgan fingerprint density at radius 3 is 2.42 bits per heavy atom. The van der Waals surface area contributed by atoms with Gasteiger partial charge in [-0.05, 0) is 25.8 Å². The summed E-state index contributed by atoms with van der Waals surface area (Å²) in [4.78, 5) is 11.7. The van der Waals surface area contributed by atoms with Crippen LogP contribution in [-0.2, 0) is 9.53 Å². The molecule has 0 spiro atoms. The molecule has 2 nitrogen and oxygen atoms in total. The summed E-state index contributed by atoms with van der Waals surface area (Å²) < 4.78 is 5.25. The number of Topliss-reactive ketones (excluding diaryl/α,β-unsaturated/α-hetero) is 1. The van der Waals surface area contributed by atoms with Crippen LogP contribution in [0.1, 0.15) is 27.2 Å². The van der Waals surface area contributed by atoms with E-state index in [-0.39, 0.29) is 17.3 Å². The average Bonchev–Trinajstić information content (AvgIpc) is 2.03. The lowest BCUT2D eigenvalue weighted by molar-refractivity contribution is -0.185. The van der Waals surface area contributed by atoms with Gasteiger partial charge in [0.05, 0.1) is 18.1 Å². The minimum absolute atomic E-state index is 0.0618. The van der Waals surface area contributed by atoms with Crippen LogP contribution in [0, 0.1) is 5.41 Å². The molecular weight excluding hydrogens is 152 g/mol. The summed E-state index contributed by atoms with van der Waals surface area (Å²) in [5, 5.41) is 0. The second-order valence-corrected chi connectivity index (χ2v) is 3.57. The number of allylic oxidation sites excluding steroid dienone is 1. The second kappa shape index (κ2) is 3.02. The first-order valence-electron chi connectivity index (χ1n) is 4.36. The van der Waals surface area contributed by atoms with E-state index in [4.69, 9.17) is 4.74 Å². The molecule has 2 atom stereocenters. The fourth-order valence-corrected chi connectivity index (χ4v) is 1.68. The number of hydrogen-bond donors (Lipinski definition) is 0. The van der Waals surface area contributed by atoms with Crippen molar-refractivity contribution in [2.24, 2.45) is 5.41 Å². The molecule has 0 aromatic carbocycles. The largest absolute Gasteiger partial charge is 0.376 e. The zero-order chi connectivity index (χ0) is 9.35. The molecule has 1 aliphatic rings. The number of rotatable bonds is 3. The maximum atomic E-state index is 11.7. The summed E-state index contributed by atoms with van der Waals surface area (Å²) in [5.41, 5.74) is 0.387. The van der Waals surface area contributed by atoms with Crippen LogP contribution >= 0.6 is 0 Å². The van der Waals surface area contributed by atoms with Gasteiger partial charge in [0, 0.05) is 0 Å². The van der Waals surface area contributed by atoms with E-state index in [1.807, 2.05) is 13.8 Å². The quantitative estimate of drug-likeness (QED) is 0.602. The zero-order valence-corrected chi connectivity index (χ0v) is 8.02. The molecule has 0 aromatic rings. The molecule has 0 aromatic heterocycles. The standard InChI is InChI=1S/C10H16O2/c1-5-10(6-12-8(10)4)9(11)7(2)3/h8H,2,5-6H2,1,3-4H3. The van der Waals surface area contributed by atoms with Crippen LogP contribution < -0.4 is 0 Å². The van der Waals surface area contributed by atoms with Crippen molar-refractivity contribution in [1.29, 1.82) is 0 Å². The number of ether oxygens (including phenoxy) is 1. The predicted molar refractivity (Wildman–Crippen MR) is 48.0 cm³/mol. The first kappa shape index (κ1) is 9.46. The van der Waals surface area contributed by atoms with Crippen molar-refractivity contribution >= 4 is 5.78 Å². The number of ketones is 1. The first-order valence-corrected chi connectivity index (χ1v) is 4.36. The molecule has 0 amide bonds. The smallest absolute Gasteiger partial charge is 0.169 e. The van der Waals surface area contributed by atoms with E-state index in [2.05, 4.69) is 6.58 Å². The summed E-state index contributed by atoms with van der Waals surface area (Å²) in [6, 6.07) is 0. The van der Waals surface area contributed by atoms with Crippen LogP contribution in [-0.4, -0.2) is 18.5 Å². The van der Waals surface area contributed by atoms with Gasteiger partial charge in [-0.15, -0.1) is 0 Å². The third-order valence-corrected chi connectivity index (χ3v) is 2.84. The lowest BCUT2D eigenvalue weighted by Gasteiger charge is -2.46. The summed E-state index contributed by atoms with van der Waals surface area (Å²) in [6.45, 7) is 9.99. The molecule has 0 N–H and O–H groups in total. The molecule has 1 saturated heterocycles. The van der Waals surface area contributed by atoms with Crippen molar-refractivity contribution in [2.45, 2.75) is 33.3 Å². The van der Waals surface area contributed by atoms with Gasteiger partial charge in [0.15, 0.2) is 5.78 Å². The normalized spacial score (nSPS) is 34.1. The van der Waals surface area contributed by atoms with E-state index in [1.54, 1.807) is 6.92 Å². The minimum atomic E-state index is -0.258. The topological polar surface area (TPSA) is 26.3 Å². The summed E-state index contributed by atoms with van der Waals surface area (Å²) in [5.74, 6) is 0.170. The van der Waals surface area contributed by atoms with Crippen LogP contribution in [0.4, 0.5) is 0 Å². The molecule has 0 aliphatic carbocycles. The van der Waals surface area contributed by atoms with Gasteiger partial charge in [0.1, 0.15) is 0 Å². The molecule has 12 heavy (non-hydrogen) atoms. The first-order chi connectivity index (χ1) is 5.54. The van der Waals surface area contributed by atoms with Crippen molar-refractivity contribution in [3.8, 4) is 0 Å². The second-order valence-electron chi connectivity index (χ2n) is 3.57. The Labute approximate surface area is 73.6 Å². The molecule has 1 aliphatic heterocycles. The van der Waals surface area contributed by atoms with Crippen molar-refractivity contribution < 1.29 is 9.53 Å². The zero-order valence-electron chi connectivity index (χ0n) is 8.02. The third-order valence-electron chi connectivity index (χ3n) is 2.84. The van der Waals surface area contributed by atoms with Crippen molar-refractivity contribution in [1.82, 2.24) is 0 Å². The van der Waals surface area contributed by atoms with Crippen LogP contribution in [0.15, 0.2) is 12.2 Å². The molecule has 0 bridgehead atoms. The van der Waals surface area contributed by atoms with Gasteiger partial charge < -0.3 is 4.74 Å². The molecule has 0 radical (unpaired) electrons. The van der Waals surface area contributed by atoms with E-state index in [0.717, 1.165) is 6.42 Å². The Morgan fingerprint density at radius 1 is 1.75 bits per heavy atom. The molecule has 1 rings (SSSR count). The maximum Gasteiger partial charge on any atom is 0.169 e. The van der Waals surface area contributed by atoms with Gasteiger partial charge in [-0.1, -0.05) is 13.5 Å². The van der Waals surface area contributed by atoms with Gasteiger partial charge >= 0.3 is 0 Å². The van der Waals surface area contributed by atoms with Crippen LogP contribution in [0.25, 0.3) is 0 Å².